The van der Waals surface area contributed by atoms with Gasteiger partial charge >= 0.3 is 0 Å². The summed E-state index contributed by atoms with van der Waals surface area (Å²) in [6, 6.07) is 13.0. The quantitative estimate of drug-likeness (QED) is 0.231. The summed E-state index contributed by atoms with van der Waals surface area (Å²) in [5.74, 6) is 0. The molecule has 32 heavy (non-hydrogen) atoms. The van der Waals surface area contributed by atoms with Gasteiger partial charge in [-0.2, -0.15) is 0 Å². The van der Waals surface area contributed by atoms with Crippen molar-refractivity contribution in [2.24, 2.45) is 14.1 Å². The molecule has 8 rings (SSSR count). The zero-order valence-corrected chi connectivity index (χ0v) is 19.6. The highest BCUT2D eigenvalue weighted by molar-refractivity contribution is 7.37. The molecule has 6 heteroatoms. The van der Waals surface area contributed by atoms with Crippen LogP contribution in [0.2, 0.25) is 0 Å². The van der Waals surface area contributed by atoms with E-state index in [0.717, 1.165) is 22.3 Å². The van der Waals surface area contributed by atoms with Crippen LogP contribution < -0.4 is 0 Å². The van der Waals surface area contributed by atoms with E-state index in [1.165, 1.54) is 62.8 Å². The van der Waals surface area contributed by atoms with Gasteiger partial charge in [0.25, 0.3) is 0 Å². The van der Waals surface area contributed by atoms with Gasteiger partial charge in [0.2, 0.25) is 0 Å². The summed E-state index contributed by atoms with van der Waals surface area (Å²) in [5, 5.41) is 2.36. The molecule has 6 aromatic heterocycles. The monoisotopic (exact) mass is 454 g/mol. The van der Waals surface area contributed by atoms with Gasteiger partial charge in [0.05, 0.1) is 40.9 Å². The molecule has 2 aromatic carbocycles. The molecule has 6 heterocycles. The predicted octanol–water partition coefficient (Wildman–Crippen LogP) is 8.36. The highest BCUT2D eigenvalue weighted by Crippen LogP contribution is 2.52. The second-order valence-corrected chi connectivity index (χ2v) is 10.9. The Morgan fingerprint density at radius 3 is 1.47 bits per heavy atom. The van der Waals surface area contributed by atoms with Crippen LogP contribution in [-0.4, -0.2) is 9.13 Å². The fraction of sp³-hybridized carbons (Fsp3) is 0.154. The minimum absolute atomic E-state index is 0.965. The number of aromatic nitrogens is 2. The van der Waals surface area contributed by atoms with Crippen molar-refractivity contribution < 1.29 is 8.83 Å². The Hall–Kier alpha value is -3.22. The van der Waals surface area contributed by atoms with Crippen molar-refractivity contribution in [3.8, 4) is 0 Å². The van der Waals surface area contributed by atoms with Crippen LogP contribution in [0.25, 0.3) is 74.0 Å². The fourth-order valence-corrected chi connectivity index (χ4v) is 8.38. The summed E-state index contributed by atoms with van der Waals surface area (Å²) in [5.41, 5.74) is 11.3. The minimum atomic E-state index is 0.965. The molecule has 4 nitrogen and oxygen atoms in total. The first-order valence-corrected chi connectivity index (χ1v) is 12.3. The predicted molar refractivity (Wildman–Crippen MR) is 137 cm³/mol. The summed E-state index contributed by atoms with van der Waals surface area (Å²) < 4.78 is 22.5. The number of thiophene rings is 2. The lowest BCUT2D eigenvalue weighted by Crippen LogP contribution is -1.86. The zero-order valence-electron chi connectivity index (χ0n) is 18.0. The standard InChI is InChI=1S/C26H18N2O2S2/c1-11-5-7-13-15(9-11)29-21-17(13)27(3)19-23(21)31-26-20-24(32-25(19)26)22-18(28(20)4)14-8-6-12(2)10-16(14)30-22/h5-10H,1-4H3. The van der Waals surface area contributed by atoms with Crippen LogP contribution in [0.4, 0.5) is 0 Å². The van der Waals surface area contributed by atoms with E-state index in [4.69, 9.17) is 8.83 Å². The minimum Gasteiger partial charge on any atom is -0.453 e. The maximum atomic E-state index is 6.39. The van der Waals surface area contributed by atoms with Crippen molar-refractivity contribution in [2.75, 3.05) is 0 Å². The Morgan fingerprint density at radius 2 is 1.03 bits per heavy atom. The van der Waals surface area contributed by atoms with Gasteiger partial charge in [-0.3, -0.25) is 0 Å². The van der Waals surface area contributed by atoms with Gasteiger partial charge in [-0.25, -0.2) is 0 Å². The van der Waals surface area contributed by atoms with E-state index in [1.54, 1.807) is 0 Å². The number of nitrogens with zero attached hydrogens (tertiary/aromatic N) is 2. The maximum absolute atomic E-state index is 6.39. The van der Waals surface area contributed by atoms with Crippen molar-refractivity contribution in [3.63, 3.8) is 0 Å². The second-order valence-electron chi connectivity index (χ2n) is 8.89. The molecule has 0 bridgehead atoms. The smallest absolute Gasteiger partial charge is 0.171 e. The first-order valence-electron chi connectivity index (χ1n) is 10.6. The summed E-state index contributed by atoms with van der Waals surface area (Å²) in [6.45, 7) is 4.21. The van der Waals surface area contributed by atoms with E-state index in [0.29, 0.717) is 0 Å². The molecule has 0 aliphatic rings. The van der Waals surface area contributed by atoms with Crippen LogP contribution >= 0.6 is 22.7 Å². The Balaban J connectivity index is 1.55. The Morgan fingerprint density at radius 1 is 0.594 bits per heavy atom. The summed E-state index contributed by atoms with van der Waals surface area (Å²) in [7, 11) is 4.32. The molecular weight excluding hydrogens is 436 g/mol. The van der Waals surface area contributed by atoms with Crippen molar-refractivity contribution in [1.29, 1.82) is 0 Å². The fourth-order valence-electron chi connectivity index (χ4n) is 5.41. The van der Waals surface area contributed by atoms with Crippen molar-refractivity contribution in [1.82, 2.24) is 9.13 Å². The van der Waals surface area contributed by atoms with Crippen LogP contribution in [0.3, 0.4) is 0 Å². The highest BCUT2D eigenvalue weighted by Gasteiger charge is 2.27. The number of furan rings is 2. The number of hydrogen-bond acceptors (Lipinski definition) is 4. The highest BCUT2D eigenvalue weighted by atomic mass is 32.1. The first kappa shape index (κ1) is 17.3. The molecule has 0 radical (unpaired) electrons. The molecule has 0 N–H and O–H groups in total. The Labute approximate surface area is 189 Å². The number of hydrogen-bond donors (Lipinski definition) is 0. The number of rotatable bonds is 0. The van der Waals surface area contributed by atoms with Gasteiger partial charge in [-0.15, -0.1) is 22.7 Å². The van der Waals surface area contributed by atoms with Crippen molar-refractivity contribution in [3.05, 3.63) is 47.5 Å². The molecule has 0 saturated carbocycles. The van der Waals surface area contributed by atoms with E-state index < -0.39 is 0 Å². The van der Waals surface area contributed by atoms with Crippen LogP contribution in [0, 0.1) is 13.8 Å². The van der Waals surface area contributed by atoms with Gasteiger partial charge in [-0.1, -0.05) is 12.1 Å². The van der Waals surface area contributed by atoms with Gasteiger partial charge in [0.15, 0.2) is 11.2 Å². The second kappa shape index (κ2) is 5.39. The molecule has 0 fully saturated rings. The van der Waals surface area contributed by atoms with E-state index in [-0.39, 0.29) is 0 Å². The molecule has 0 unspecified atom stereocenters. The lowest BCUT2D eigenvalue weighted by Gasteiger charge is -1.97. The Kier molecular flexibility index (Phi) is 2.92. The Bertz CT molecular complexity index is 1930. The lowest BCUT2D eigenvalue weighted by atomic mass is 10.2. The van der Waals surface area contributed by atoms with Crippen molar-refractivity contribution >= 4 is 96.6 Å². The average Bonchev–Trinajstić information content (AvgIpc) is 3.53. The van der Waals surface area contributed by atoms with Crippen molar-refractivity contribution in [2.45, 2.75) is 13.8 Å². The molecule has 0 aliphatic carbocycles. The summed E-state index contributed by atoms with van der Waals surface area (Å²) >= 11 is 3.68. The molecule has 0 amide bonds. The molecule has 156 valence electrons. The number of aryl methyl sites for hydroxylation is 4. The van der Waals surface area contributed by atoms with Crippen LogP contribution in [0.5, 0.6) is 0 Å². The van der Waals surface area contributed by atoms with Crippen LogP contribution in [-0.2, 0) is 14.1 Å². The van der Waals surface area contributed by atoms with E-state index >= 15 is 0 Å². The third kappa shape index (κ3) is 1.82. The molecule has 0 saturated heterocycles. The third-order valence-electron chi connectivity index (χ3n) is 6.87. The summed E-state index contributed by atoms with van der Waals surface area (Å²) in [6.07, 6.45) is 0. The topological polar surface area (TPSA) is 36.1 Å². The summed E-state index contributed by atoms with van der Waals surface area (Å²) in [4.78, 5) is 0. The average molecular weight is 455 g/mol. The largest absolute Gasteiger partial charge is 0.453 e. The first-order chi connectivity index (χ1) is 15.5. The molecule has 0 spiro atoms. The van der Waals surface area contributed by atoms with Gasteiger partial charge in [-0.05, 0) is 49.2 Å². The molecule has 0 atom stereocenters. The van der Waals surface area contributed by atoms with E-state index in [1.807, 2.05) is 22.7 Å². The number of benzene rings is 2. The molecule has 0 aliphatic heterocycles. The van der Waals surface area contributed by atoms with Gasteiger partial charge < -0.3 is 18.0 Å². The zero-order chi connectivity index (χ0) is 21.5. The van der Waals surface area contributed by atoms with E-state index in [9.17, 15) is 0 Å². The van der Waals surface area contributed by atoms with Crippen LogP contribution in [0.1, 0.15) is 11.1 Å². The van der Waals surface area contributed by atoms with E-state index in [2.05, 4.69) is 73.5 Å². The lowest BCUT2D eigenvalue weighted by molar-refractivity contribution is 0.672. The van der Waals surface area contributed by atoms with Gasteiger partial charge in [0.1, 0.15) is 11.2 Å². The number of fused-ring (bicyclic) bond motifs is 13. The third-order valence-corrected chi connectivity index (χ3v) is 9.37. The van der Waals surface area contributed by atoms with Crippen LogP contribution in [0.15, 0.2) is 45.2 Å². The SMILES string of the molecule is Cc1ccc2c(c1)oc1c3sc4c(sc5c6oc7cc(C)ccc7c6n(C)c54)c3n(C)c21. The van der Waals surface area contributed by atoms with Gasteiger partial charge in [0, 0.05) is 24.9 Å². The molecule has 8 aromatic rings. The molecular formula is C26H18N2O2S2. The maximum Gasteiger partial charge on any atom is 0.171 e. The normalized spacial score (nSPS) is 13.0.